The highest BCUT2D eigenvalue weighted by molar-refractivity contribution is 7.13. The van der Waals surface area contributed by atoms with Crippen molar-refractivity contribution in [3.05, 3.63) is 29.5 Å². The summed E-state index contributed by atoms with van der Waals surface area (Å²) in [7, 11) is 1.74. The van der Waals surface area contributed by atoms with Crippen LogP contribution in [0.4, 0.5) is 0 Å². The molecule has 2 aromatic heterocycles. The van der Waals surface area contributed by atoms with Crippen molar-refractivity contribution in [3.63, 3.8) is 0 Å². The van der Waals surface area contributed by atoms with Crippen molar-refractivity contribution in [2.24, 2.45) is 4.99 Å². The lowest BCUT2D eigenvalue weighted by Gasteiger charge is -2.18. The summed E-state index contributed by atoms with van der Waals surface area (Å²) in [6.45, 7) is 3.94. The highest BCUT2D eigenvalue weighted by Crippen LogP contribution is 2.23. The Hall–Kier alpha value is -2.35. The number of hydrogen-bond acceptors (Lipinski definition) is 5. The van der Waals surface area contributed by atoms with Crippen molar-refractivity contribution in [2.75, 3.05) is 20.1 Å². The molecule has 1 atom stereocenters. The maximum absolute atomic E-state index is 11.8. The zero-order valence-electron chi connectivity index (χ0n) is 14.5. The molecule has 3 rings (SSSR count). The SMILES string of the molecule is CCC(=O)N1CCC(NC(=NC)NCc2coc(-c3cccs3)n2)C1. The maximum Gasteiger partial charge on any atom is 0.236 e. The molecule has 2 aromatic rings. The van der Waals surface area contributed by atoms with Crippen LogP contribution in [0, 0.1) is 0 Å². The Labute approximate surface area is 151 Å². The Morgan fingerprint density at radius 3 is 3.16 bits per heavy atom. The van der Waals surface area contributed by atoms with Crippen molar-refractivity contribution in [1.29, 1.82) is 0 Å². The van der Waals surface area contributed by atoms with Crippen LogP contribution >= 0.6 is 11.3 Å². The molecule has 1 aliphatic rings. The van der Waals surface area contributed by atoms with Gasteiger partial charge < -0.3 is 20.0 Å². The van der Waals surface area contributed by atoms with E-state index in [0.717, 1.165) is 30.1 Å². The Balaban J connectivity index is 1.49. The number of aliphatic imine (C=N–C) groups is 1. The summed E-state index contributed by atoms with van der Waals surface area (Å²) in [6, 6.07) is 4.18. The second-order valence-electron chi connectivity index (χ2n) is 5.87. The molecule has 8 heteroatoms. The molecular formula is C17H23N5O2S. The third-order valence-corrected chi connectivity index (χ3v) is 4.99. The van der Waals surface area contributed by atoms with E-state index in [1.54, 1.807) is 24.6 Å². The van der Waals surface area contributed by atoms with Gasteiger partial charge in [0.15, 0.2) is 5.96 Å². The monoisotopic (exact) mass is 361 g/mol. The Bertz CT molecular complexity index is 725. The van der Waals surface area contributed by atoms with Crippen LogP contribution in [0.15, 0.2) is 33.2 Å². The molecule has 25 heavy (non-hydrogen) atoms. The van der Waals surface area contributed by atoms with E-state index in [1.165, 1.54) is 0 Å². The van der Waals surface area contributed by atoms with E-state index in [4.69, 9.17) is 4.42 Å². The molecule has 134 valence electrons. The average molecular weight is 361 g/mol. The average Bonchev–Trinajstić information content (AvgIpc) is 3.38. The number of hydrogen-bond donors (Lipinski definition) is 2. The summed E-state index contributed by atoms with van der Waals surface area (Å²) in [5, 5.41) is 8.61. The second kappa shape index (κ2) is 8.15. The fourth-order valence-corrected chi connectivity index (χ4v) is 3.45. The lowest BCUT2D eigenvalue weighted by Crippen LogP contribution is -2.44. The van der Waals surface area contributed by atoms with Crippen molar-refractivity contribution in [2.45, 2.75) is 32.4 Å². The van der Waals surface area contributed by atoms with Gasteiger partial charge in [-0.25, -0.2) is 4.98 Å². The van der Waals surface area contributed by atoms with Gasteiger partial charge in [-0.15, -0.1) is 11.3 Å². The summed E-state index contributed by atoms with van der Waals surface area (Å²) in [5.74, 6) is 1.55. The molecule has 0 aliphatic carbocycles. The molecule has 1 aliphatic heterocycles. The lowest BCUT2D eigenvalue weighted by atomic mass is 10.3. The zero-order chi connectivity index (χ0) is 17.6. The largest absolute Gasteiger partial charge is 0.443 e. The number of aromatic nitrogens is 1. The number of thiophene rings is 1. The van der Waals surface area contributed by atoms with Gasteiger partial charge in [0.1, 0.15) is 6.26 Å². The maximum atomic E-state index is 11.8. The van der Waals surface area contributed by atoms with Gasteiger partial charge in [0.05, 0.1) is 17.1 Å². The molecule has 1 amide bonds. The summed E-state index contributed by atoms with van der Waals surface area (Å²) in [5.41, 5.74) is 0.820. The molecule has 7 nitrogen and oxygen atoms in total. The van der Waals surface area contributed by atoms with Crippen molar-refractivity contribution in [3.8, 4) is 10.8 Å². The molecule has 0 spiro atoms. The molecule has 0 radical (unpaired) electrons. The van der Waals surface area contributed by atoms with Crippen LogP contribution < -0.4 is 10.6 Å². The van der Waals surface area contributed by atoms with Gasteiger partial charge in [-0.3, -0.25) is 9.79 Å². The minimum Gasteiger partial charge on any atom is -0.443 e. The first-order valence-corrected chi connectivity index (χ1v) is 9.30. The van der Waals surface area contributed by atoms with Gasteiger partial charge in [-0.2, -0.15) is 0 Å². The first-order chi connectivity index (χ1) is 12.2. The van der Waals surface area contributed by atoms with Crippen LogP contribution in [-0.2, 0) is 11.3 Å². The quantitative estimate of drug-likeness (QED) is 0.629. The van der Waals surface area contributed by atoms with Gasteiger partial charge in [0.2, 0.25) is 11.8 Å². The highest BCUT2D eigenvalue weighted by atomic mass is 32.1. The van der Waals surface area contributed by atoms with Crippen LogP contribution in [0.2, 0.25) is 0 Å². The smallest absolute Gasteiger partial charge is 0.236 e. The molecule has 0 saturated carbocycles. The Morgan fingerprint density at radius 1 is 1.56 bits per heavy atom. The first kappa shape index (κ1) is 17.5. The van der Waals surface area contributed by atoms with Crippen molar-refractivity contribution >= 4 is 23.2 Å². The van der Waals surface area contributed by atoms with Gasteiger partial charge in [-0.1, -0.05) is 13.0 Å². The number of carbonyl (C=O) groups excluding carboxylic acids is 1. The molecule has 1 saturated heterocycles. The number of guanidine groups is 1. The normalized spacial score (nSPS) is 17.8. The summed E-state index contributed by atoms with van der Waals surface area (Å²) in [4.78, 5) is 23.4. The third-order valence-electron chi connectivity index (χ3n) is 4.13. The van der Waals surface area contributed by atoms with Crippen LogP contribution in [0.1, 0.15) is 25.5 Å². The molecular weight excluding hydrogens is 338 g/mol. The predicted octanol–water partition coefficient (Wildman–Crippen LogP) is 2.08. The number of nitrogens with one attached hydrogen (secondary N) is 2. The van der Waals surface area contributed by atoms with Gasteiger partial charge >= 0.3 is 0 Å². The highest BCUT2D eigenvalue weighted by Gasteiger charge is 2.25. The Kier molecular flexibility index (Phi) is 5.70. The third kappa shape index (κ3) is 4.39. The number of oxazole rings is 1. The van der Waals surface area contributed by atoms with Gasteiger partial charge in [0, 0.05) is 32.6 Å². The second-order valence-corrected chi connectivity index (χ2v) is 6.82. The van der Waals surface area contributed by atoms with E-state index in [9.17, 15) is 4.79 Å². The minimum absolute atomic E-state index is 0.205. The fourth-order valence-electron chi connectivity index (χ4n) is 2.79. The van der Waals surface area contributed by atoms with Crippen LogP contribution in [-0.4, -0.2) is 47.9 Å². The molecule has 0 bridgehead atoms. The standard InChI is InChI=1S/C17H23N5O2S/c1-3-15(23)22-7-6-12(10-22)21-17(18-2)19-9-13-11-24-16(20-13)14-5-4-8-25-14/h4-5,8,11-12H,3,6-7,9-10H2,1-2H3,(H2,18,19,21). The molecule has 1 fully saturated rings. The molecule has 1 unspecified atom stereocenters. The number of rotatable bonds is 5. The van der Waals surface area contributed by atoms with Crippen LogP contribution in [0.25, 0.3) is 10.8 Å². The van der Waals surface area contributed by atoms with Crippen LogP contribution in [0.5, 0.6) is 0 Å². The van der Waals surface area contributed by atoms with E-state index < -0.39 is 0 Å². The zero-order valence-corrected chi connectivity index (χ0v) is 15.3. The number of amides is 1. The topological polar surface area (TPSA) is 82.8 Å². The van der Waals surface area contributed by atoms with E-state index in [1.807, 2.05) is 29.3 Å². The van der Waals surface area contributed by atoms with Crippen molar-refractivity contribution < 1.29 is 9.21 Å². The lowest BCUT2D eigenvalue weighted by molar-refractivity contribution is -0.129. The van der Waals surface area contributed by atoms with Crippen molar-refractivity contribution in [1.82, 2.24) is 20.5 Å². The fraction of sp³-hybridized carbons (Fsp3) is 0.471. The van der Waals surface area contributed by atoms with Gasteiger partial charge in [0.25, 0.3) is 0 Å². The van der Waals surface area contributed by atoms with E-state index >= 15 is 0 Å². The Morgan fingerprint density at radius 2 is 2.44 bits per heavy atom. The molecule has 3 heterocycles. The van der Waals surface area contributed by atoms with Crippen LogP contribution in [0.3, 0.4) is 0 Å². The van der Waals surface area contributed by atoms with E-state index in [2.05, 4.69) is 20.6 Å². The molecule has 0 aromatic carbocycles. The molecule has 2 N–H and O–H groups in total. The summed E-state index contributed by atoms with van der Waals surface area (Å²) >= 11 is 1.60. The van der Waals surface area contributed by atoms with E-state index in [0.29, 0.717) is 24.8 Å². The predicted molar refractivity (Wildman–Crippen MR) is 98.4 cm³/mol. The number of likely N-dealkylation sites (tertiary alicyclic amines) is 1. The number of nitrogens with zero attached hydrogens (tertiary/aromatic N) is 3. The van der Waals surface area contributed by atoms with E-state index in [-0.39, 0.29) is 11.9 Å². The summed E-state index contributed by atoms with van der Waals surface area (Å²) < 4.78 is 5.52. The minimum atomic E-state index is 0.205. The first-order valence-electron chi connectivity index (χ1n) is 8.42. The number of carbonyl (C=O) groups is 1. The van der Waals surface area contributed by atoms with Gasteiger partial charge in [-0.05, 0) is 17.9 Å². The summed E-state index contributed by atoms with van der Waals surface area (Å²) in [6.07, 6.45) is 3.14.